The van der Waals surface area contributed by atoms with Crippen LogP contribution in [-0.4, -0.2) is 38.8 Å². The Hall–Kier alpha value is -2.65. The molecule has 1 amide bonds. The second-order valence-electron chi connectivity index (χ2n) is 7.68. The van der Waals surface area contributed by atoms with Gasteiger partial charge in [0.2, 0.25) is 5.91 Å². The number of benzene rings is 1. The quantitative estimate of drug-likeness (QED) is 0.688. The molecule has 1 aromatic heterocycles. The van der Waals surface area contributed by atoms with Crippen molar-refractivity contribution >= 4 is 38.9 Å². The average molecular weight is 461 g/mol. The number of hydrogen-bond donors (Lipinski definition) is 1. The molecule has 2 aliphatic rings. The lowest BCUT2D eigenvalue weighted by atomic mass is 10.0. The van der Waals surface area contributed by atoms with Gasteiger partial charge in [-0.3, -0.25) is 9.52 Å². The summed E-state index contributed by atoms with van der Waals surface area (Å²) in [5.74, 6) is -0.681. The summed E-state index contributed by atoms with van der Waals surface area (Å²) in [5.41, 5.74) is 2.78. The molecule has 0 bridgehead atoms. The van der Waals surface area contributed by atoms with Crippen molar-refractivity contribution in [1.29, 1.82) is 0 Å². The van der Waals surface area contributed by atoms with Crippen LogP contribution in [0.15, 0.2) is 40.1 Å². The number of anilines is 1. The summed E-state index contributed by atoms with van der Waals surface area (Å²) < 4.78 is 33.9. The van der Waals surface area contributed by atoms with Gasteiger partial charge in [-0.15, -0.1) is 11.3 Å². The van der Waals surface area contributed by atoms with E-state index in [9.17, 15) is 18.0 Å². The Labute approximate surface area is 185 Å². The number of fused-ring (bicyclic) bond motifs is 1. The Kier molecular flexibility index (Phi) is 5.90. The van der Waals surface area contributed by atoms with E-state index in [-0.39, 0.29) is 15.7 Å². The Balaban J connectivity index is 1.70. The molecular weight excluding hydrogens is 436 g/mol. The summed E-state index contributed by atoms with van der Waals surface area (Å²) >= 11 is 1.04. The van der Waals surface area contributed by atoms with E-state index < -0.39 is 16.0 Å². The molecule has 0 unspecified atom stereocenters. The zero-order valence-electron chi connectivity index (χ0n) is 17.4. The highest BCUT2D eigenvalue weighted by molar-refractivity contribution is 7.94. The number of allylic oxidation sites excluding steroid dienone is 1. The molecule has 2 heterocycles. The molecule has 0 radical (unpaired) electrons. The van der Waals surface area contributed by atoms with E-state index in [0.717, 1.165) is 41.7 Å². The molecule has 7 nitrogen and oxygen atoms in total. The number of thiophene rings is 1. The number of methoxy groups -OCH3 is 1. The number of nitrogens with zero attached hydrogens (tertiary/aromatic N) is 1. The Morgan fingerprint density at radius 2 is 1.97 bits per heavy atom. The fourth-order valence-electron chi connectivity index (χ4n) is 4.00. The van der Waals surface area contributed by atoms with Crippen LogP contribution in [0.1, 0.15) is 45.6 Å². The van der Waals surface area contributed by atoms with Crippen LogP contribution in [0.3, 0.4) is 0 Å². The predicted octanol–water partition coefficient (Wildman–Crippen LogP) is 3.64. The fourth-order valence-corrected chi connectivity index (χ4v) is 7.03. The number of amides is 1. The number of carbonyl (C=O) groups is 2. The standard InChI is InChI=1S/C22H24N2O5S2/c1-14-7-3-6-10-17(14)23-31(27,28)22-19(21(26)29-2)16-11-12-24(13-18(16)30-22)20(25)15-8-4-5-9-15/h3,6-8,10,23H,4-5,9,11-13H2,1-2H3. The van der Waals surface area contributed by atoms with Crippen LogP contribution >= 0.6 is 11.3 Å². The van der Waals surface area contributed by atoms with Crippen molar-refractivity contribution in [2.24, 2.45) is 0 Å². The molecule has 1 aliphatic carbocycles. The summed E-state index contributed by atoms with van der Waals surface area (Å²) in [6, 6.07) is 7.04. The number of ether oxygens (including phenoxy) is 1. The molecule has 2 aromatic rings. The number of para-hydroxylation sites is 1. The van der Waals surface area contributed by atoms with Crippen molar-refractivity contribution in [2.75, 3.05) is 18.4 Å². The largest absolute Gasteiger partial charge is 0.465 e. The number of nitrogens with one attached hydrogen (secondary N) is 1. The number of carbonyl (C=O) groups excluding carboxylic acids is 2. The van der Waals surface area contributed by atoms with E-state index >= 15 is 0 Å². The lowest BCUT2D eigenvalue weighted by Crippen LogP contribution is -2.36. The monoisotopic (exact) mass is 460 g/mol. The van der Waals surface area contributed by atoms with Crippen LogP contribution in [0.25, 0.3) is 0 Å². The number of sulfonamides is 1. The predicted molar refractivity (Wildman–Crippen MR) is 119 cm³/mol. The van der Waals surface area contributed by atoms with Gasteiger partial charge in [-0.05, 0) is 49.8 Å². The minimum atomic E-state index is -4.02. The Morgan fingerprint density at radius 3 is 2.65 bits per heavy atom. The van der Waals surface area contributed by atoms with Gasteiger partial charge >= 0.3 is 5.97 Å². The van der Waals surface area contributed by atoms with Crippen molar-refractivity contribution in [2.45, 2.75) is 43.4 Å². The van der Waals surface area contributed by atoms with Crippen LogP contribution in [0.2, 0.25) is 0 Å². The van der Waals surface area contributed by atoms with Crippen molar-refractivity contribution in [3.63, 3.8) is 0 Å². The van der Waals surface area contributed by atoms with E-state index in [0.29, 0.717) is 35.6 Å². The molecular formula is C22H24N2O5S2. The van der Waals surface area contributed by atoms with E-state index in [1.165, 1.54) is 7.11 Å². The van der Waals surface area contributed by atoms with Gasteiger partial charge in [0, 0.05) is 17.0 Å². The molecule has 31 heavy (non-hydrogen) atoms. The molecule has 164 valence electrons. The summed E-state index contributed by atoms with van der Waals surface area (Å²) in [7, 11) is -2.78. The van der Waals surface area contributed by atoms with Crippen molar-refractivity contribution in [1.82, 2.24) is 4.90 Å². The second-order valence-corrected chi connectivity index (χ2v) is 10.7. The molecule has 0 spiro atoms. The summed E-state index contributed by atoms with van der Waals surface area (Å²) in [6.07, 6.45) is 5.07. The minimum absolute atomic E-state index is 0.00129. The average Bonchev–Trinajstić information content (AvgIpc) is 3.42. The third-order valence-electron chi connectivity index (χ3n) is 5.65. The third kappa shape index (κ3) is 4.12. The first-order valence-electron chi connectivity index (χ1n) is 10.1. The van der Waals surface area contributed by atoms with Crippen LogP contribution in [0, 0.1) is 6.92 Å². The third-order valence-corrected chi connectivity index (χ3v) is 8.75. The van der Waals surface area contributed by atoms with Gasteiger partial charge in [0.15, 0.2) is 4.21 Å². The van der Waals surface area contributed by atoms with Crippen LogP contribution in [-0.2, 0) is 32.5 Å². The molecule has 0 fully saturated rings. The number of rotatable bonds is 5. The lowest BCUT2D eigenvalue weighted by Gasteiger charge is -2.27. The number of hydrogen-bond acceptors (Lipinski definition) is 6. The number of aryl methyl sites for hydroxylation is 1. The SMILES string of the molecule is COC(=O)c1c(S(=O)(=O)Nc2ccccc2C)sc2c1CCN(C(=O)C1=CCCC1)C2. The molecule has 1 aromatic carbocycles. The zero-order chi connectivity index (χ0) is 22.2. The maximum absolute atomic E-state index is 13.2. The van der Waals surface area contributed by atoms with Gasteiger partial charge in [-0.25, -0.2) is 13.2 Å². The highest BCUT2D eigenvalue weighted by Gasteiger charge is 2.35. The van der Waals surface area contributed by atoms with Gasteiger partial charge < -0.3 is 9.64 Å². The van der Waals surface area contributed by atoms with Crippen molar-refractivity contribution in [3.8, 4) is 0 Å². The Bertz CT molecular complexity index is 1180. The van der Waals surface area contributed by atoms with Gasteiger partial charge in [0.25, 0.3) is 10.0 Å². The zero-order valence-corrected chi connectivity index (χ0v) is 19.1. The van der Waals surface area contributed by atoms with Crippen LogP contribution in [0.5, 0.6) is 0 Å². The number of esters is 1. The van der Waals surface area contributed by atoms with Crippen molar-refractivity contribution in [3.05, 3.63) is 57.5 Å². The van der Waals surface area contributed by atoms with E-state index in [1.54, 1.807) is 30.0 Å². The van der Waals surface area contributed by atoms with Crippen molar-refractivity contribution < 1.29 is 22.7 Å². The highest BCUT2D eigenvalue weighted by Crippen LogP contribution is 2.38. The maximum Gasteiger partial charge on any atom is 0.340 e. The maximum atomic E-state index is 13.2. The van der Waals surface area contributed by atoms with E-state index in [2.05, 4.69) is 4.72 Å². The summed E-state index contributed by atoms with van der Waals surface area (Å²) in [4.78, 5) is 27.8. The van der Waals surface area contributed by atoms with Gasteiger partial charge in [-0.1, -0.05) is 24.3 Å². The molecule has 0 atom stereocenters. The molecule has 4 rings (SSSR count). The fraction of sp³-hybridized carbons (Fsp3) is 0.364. The van der Waals surface area contributed by atoms with Gasteiger partial charge in [0.05, 0.1) is 24.9 Å². The topological polar surface area (TPSA) is 92.8 Å². The first kappa shape index (κ1) is 21.6. The normalized spacial score (nSPS) is 15.9. The van der Waals surface area contributed by atoms with Crippen LogP contribution in [0.4, 0.5) is 5.69 Å². The second kappa shape index (κ2) is 8.47. The van der Waals surface area contributed by atoms with Crippen LogP contribution < -0.4 is 4.72 Å². The minimum Gasteiger partial charge on any atom is -0.465 e. The van der Waals surface area contributed by atoms with E-state index in [4.69, 9.17) is 4.74 Å². The molecule has 1 N–H and O–H groups in total. The summed E-state index contributed by atoms with van der Waals surface area (Å²) in [6.45, 7) is 2.54. The molecule has 9 heteroatoms. The molecule has 1 aliphatic heterocycles. The highest BCUT2D eigenvalue weighted by atomic mass is 32.2. The smallest absolute Gasteiger partial charge is 0.340 e. The lowest BCUT2D eigenvalue weighted by molar-refractivity contribution is -0.128. The molecule has 0 saturated heterocycles. The first-order chi connectivity index (χ1) is 14.8. The Morgan fingerprint density at radius 1 is 1.19 bits per heavy atom. The summed E-state index contributed by atoms with van der Waals surface area (Å²) in [5, 5.41) is 0. The molecule has 0 saturated carbocycles. The van der Waals surface area contributed by atoms with Gasteiger partial charge in [0.1, 0.15) is 0 Å². The van der Waals surface area contributed by atoms with E-state index in [1.807, 2.05) is 12.1 Å². The first-order valence-corrected chi connectivity index (χ1v) is 12.4. The van der Waals surface area contributed by atoms with Gasteiger partial charge in [-0.2, -0.15) is 0 Å².